The fraction of sp³-hybridized carbons (Fsp3) is 0.167. The molecule has 2 rings (SSSR count). The maximum atomic E-state index is 11.9. The first-order chi connectivity index (χ1) is 8.61. The molecule has 3 amide bonds. The van der Waals surface area contributed by atoms with Gasteiger partial charge in [-0.3, -0.25) is 9.69 Å². The number of nitrogens with one attached hydrogen (secondary N) is 1. The molecule has 1 aliphatic heterocycles. The second-order valence-corrected chi connectivity index (χ2v) is 4.60. The molecule has 4 nitrogen and oxygen atoms in total. The lowest BCUT2D eigenvalue weighted by molar-refractivity contribution is -0.122. The van der Waals surface area contributed by atoms with E-state index in [9.17, 15) is 9.59 Å². The fourth-order valence-electron chi connectivity index (χ4n) is 1.60. The van der Waals surface area contributed by atoms with Gasteiger partial charge < -0.3 is 5.32 Å². The molecule has 6 heteroatoms. The molecule has 94 valence electrons. The summed E-state index contributed by atoms with van der Waals surface area (Å²) in [6, 6.07) is 6.59. The Balaban J connectivity index is 2.22. The van der Waals surface area contributed by atoms with E-state index in [2.05, 4.69) is 17.9 Å². The molecule has 0 aromatic heterocycles. The van der Waals surface area contributed by atoms with Gasteiger partial charge >= 0.3 is 6.03 Å². The van der Waals surface area contributed by atoms with Gasteiger partial charge in [-0.1, -0.05) is 23.7 Å². The van der Waals surface area contributed by atoms with Gasteiger partial charge in [0.1, 0.15) is 5.70 Å². The molecule has 0 unspecified atom stereocenters. The van der Waals surface area contributed by atoms with Gasteiger partial charge in [-0.05, 0) is 23.8 Å². The number of benzene rings is 1. The minimum absolute atomic E-state index is 0.268. The Hall–Kier alpha value is -1.46. The number of amides is 3. The lowest BCUT2D eigenvalue weighted by atomic mass is 10.2. The molecule has 0 spiro atoms. The molecular formula is C12H11ClN2O2S. The third-order valence-electron chi connectivity index (χ3n) is 2.47. The van der Waals surface area contributed by atoms with Gasteiger partial charge in [0.05, 0.1) is 0 Å². The molecule has 1 aliphatic rings. The minimum Gasteiger partial charge on any atom is -0.303 e. The van der Waals surface area contributed by atoms with Gasteiger partial charge in [0, 0.05) is 17.3 Å². The summed E-state index contributed by atoms with van der Waals surface area (Å²) >= 11 is 9.78. The summed E-state index contributed by atoms with van der Waals surface area (Å²) in [5, 5.41) is 3.15. The van der Waals surface area contributed by atoms with Crippen LogP contribution in [0.2, 0.25) is 5.02 Å². The SMILES string of the molecule is O=C1N/C(=C/c2ccc(Cl)cc2)C(=O)N1CCS. The third kappa shape index (κ3) is 2.68. The molecule has 1 N–H and O–H groups in total. The van der Waals surface area contributed by atoms with E-state index < -0.39 is 6.03 Å². The zero-order valence-electron chi connectivity index (χ0n) is 9.39. The molecule has 0 bridgehead atoms. The van der Waals surface area contributed by atoms with Crippen LogP contribution in [0.3, 0.4) is 0 Å². The Labute approximate surface area is 115 Å². The van der Waals surface area contributed by atoms with Crippen molar-refractivity contribution in [3.8, 4) is 0 Å². The van der Waals surface area contributed by atoms with Gasteiger partial charge in [0.25, 0.3) is 5.91 Å². The topological polar surface area (TPSA) is 49.4 Å². The van der Waals surface area contributed by atoms with Crippen LogP contribution in [0.4, 0.5) is 4.79 Å². The van der Waals surface area contributed by atoms with Gasteiger partial charge in [-0.15, -0.1) is 0 Å². The number of halogens is 1. The Morgan fingerprint density at radius 1 is 1.28 bits per heavy atom. The molecule has 0 saturated carbocycles. The quantitative estimate of drug-likeness (QED) is 0.507. The molecule has 0 radical (unpaired) electrons. The highest BCUT2D eigenvalue weighted by molar-refractivity contribution is 7.80. The fourth-order valence-corrected chi connectivity index (χ4v) is 1.93. The normalized spacial score (nSPS) is 17.4. The van der Waals surface area contributed by atoms with Crippen LogP contribution in [0.5, 0.6) is 0 Å². The van der Waals surface area contributed by atoms with Crippen molar-refractivity contribution < 1.29 is 9.59 Å². The molecule has 0 aliphatic carbocycles. The standard InChI is InChI=1S/C12H11ClN2O2S/c13-9-3-1-8(2-4-9)7-10-11(16)15(5-6-18)12(17)14-10/h1-4,7,18H,5-6H2,(H,14,17)/b10-7+. The van der Waals surface area contributed by atoms with Crippen LogP contribution in [0.15, 0.2) is 30.0 Å². The maximum absolute atomic E-state index is 11.9. The van der Waals surface area contributed by atoms with Gasteiger partial charge in [-0.2, -0.15) is 12.6 Å². The van der Waals surface area contributed by atoms with Crippen molar-refractivity contribution in [2.45, 2.75) is 0 Å². The van der Waals surface area contributed by atoms with E-state index in [0.717, 1.165) is 10.5 Å². The highest BCUT2D eigenvalue weighted by atomic mass is 35.5. The van der Waals surface area contributed by atoms with E-state index >= 15 is 0 Å². The van der Waals surface area contributed by atoms with Crippen LogP contribution in [-0.4, -0.2) is 29.1 Å². The lowest BCUT2D eigenvalue weighted by Gasteiger charge is -2.08. The highest BCUT2D eigenvalue weighted by Crippen LogP contribution is 2.16. The van der Waals surface area contributed by atoms with Crippen molar-refractivity contribution in [3.63, 3.8) is 0 Å². The minimum atomic E-state index is -0.408. The third-order valence-corrected chi connectivity index (χ3v) is 2.92. The predicted octanol–water partition coefficient (Wildman–Crippen LogP) is 2.16. The number of carbonyl (C=O) groups excluding carboxylic acids is 2. The number of nitrogens with zero attached hydrogens (tertiary/aromatic N) is 1. The number of hydrogen-bond donors (Lipinski definition) is 2. The average molecular weight is 283 g/mol. The summed E-state index contributed by atoms with van der Waals surface area (Å²) in [6.07, 6.45) is 1.62. The summed E-state index contributed by atoms with van der Waals surface area (Å²) in [6.45, 7) is 0.297. The van der Waals surface area contributed by atoms with Gasteiger partial charge in [0.15, 0.2) is 0 Å². The second kappa shape index (κ2) is 5.46. The summed E-state index contributed by atoms with van der Waals surface area (Å²) < 4.78 is 0. The van der Waals surface area contributed by atoms with Gasteiger partial charge in [-0.25, -0.2) is 4.79 Å². The van der Waals surface area contributed by atoms with Crippen LogP contribution in [0.1, 0.15) is 5.56 Å². The summed E-state index contributed by atoms with van der Waals surface area (Å²) in [5.74, 6) is 0.108. The molecule has 0 atom stereocenters. The monoisotopic (exact) mass is 282 g/mol. The van der Waals surface area contributed by atoms with Crippen molar-refractivity contribution in [2.24, 2.45) is 0 Å². The van der Waals surface area contributed by atoms with Crippen molar-refractivity contribution >= 4 is 42.2 Å². The number of hydrogen-bond acceptors (Lipinski definition) is 3. The predicted molar refractivity (Wildman–Crippen MR) is 73.5 cm³/mol. The highest BCUT2D eigenvalue weighted by Gasteiger charge is 2.32. The molecule has 18 heavy (non-hydrogen) atoms. The number of imide groups is 1. The van der Waals surface area contributed by atoms with E-state index in [1.165, 1.54) is 0 Å². The maximum Gasteiger partial charge on any atom is 0.329 e. The first-order valence-electron chi connectivity index (χ1n) is 5.33. The number of thiol groups is 1. The number of rotatable bonds is 3. The van der Waals surface area contributed by atoms with E-state index in [1.807, 2.05) is 0 Å². The molecule has 1 saturated heterocycles. The molecule has 1 heterocycles. The Bertz CT molecular complexity index is 513. The van der Waals surface area contributed by atoms with Crippen molar-refractivity contribution in [1.82, 2.24) is 10.2 Å². The molecule has 1 aromatic rings. The van der Waals surface area contributed by atoms with Crippen molar-refractivity contribution in [1.29, 1.82) is 0 Å². The largest absolute Gasteiger partial charge is 0.329 e. The molecular weight excluding hydrogens is 272 g/mol. The van der Waals surface area contributed by atoms with Crippen LogP contribution in [0.25, 0.3) is 6.08 Å². The van der Waals surface area contributed by atoms with Crippen molar-refractivity contribution in [3.05, 3.63) is 40.5 Å². The van der Waals surface area contributed by atoms with Crippen LogP contribution in [-0.2, 0) is 4.79 Å². The summed E-state index contributed by atoms with van der Waals surface area (Å²) in [5.41, 5.74) is 1.07. The van der Waals surface area contributed by atoms with Crippen LogP contribution < -0.4 is 5.32 Å². The average Bonchev–Trinajstić information content (AvgIpc) is 2.60. The Kier molecular flexibility index (Phi) is 3.93. The first-order valence-corrected chi connectivity index (χ1v) is 6.34. The molecule has 1 fully saturated rings. The van der Waals surface area contributed by atoms with Crippen LogP contribution in [0, 0.1) is 0 Å². The van der Waals surface area contributed by atoms with Crippen LogP contribution >= 0.6 is 24.2 Å². The van der Waals surface area contributed by atoms with E-state index in [4.69, 9.17) is 11.6 Å². The van der Waals surface area contributed by atoms with Crippen molar-refractivity contribution in [2.75, 3.05) is 12.3 Å². The van der Waals surface area contributed by atoms with E-state index in [-0.39, 0.29) is 11.6 Å². The number of urea groups is 1. The first kappa shape index (κ1) is 13.0. The summed E-state index contributed by atoms with van der Waals surface area (Å²) in [4.78, 5) is 24.6. The number of carbonyl (C=O) groups is 2. The smallest absolute Gasteiger partial charge is 0.303 e. The Morgan fingerprint density at radius 3 is 2.56 bits per heavy atom. The lowest BCUT2D eigenvalue weighted by Crippen LogP contribution is -2.32. The van der Waals surface area contributed by atoms with E-state index in [1.54, 1.807) is 30.3 Å². The zero-order chi connectivity index (χ0) is 13.1. The van der Waals surface area contributed by atoms with E-state index in [0.29, 0.717) is 17.3 Å². The second-order valence-electron chi connectivity index (χ2n) is 3.72. The summed E-state index contributed by atoms with van der Waals surface area (Å²) in [7, 11) is 0. The molecule has 1 aromatic carbocycles. The zero-order valence-corrected chi connectivity index (χ0v) is 11.0. The Morgan fingerprint density at radius 2 is 1.94 bits per heavy atom. The van der Waals surface area contributed by atoms with Gasteiger partial charge in [0.2, 0.25) is 0 Å².